The molecule has 1 saturated carbocycles. The third-order valence-corrected chi connectivity index (χ3v) is 10.6. The minimum atomic E-state index is -3.49. The van der Waals surface area contributed by atoms with E-state index in [0.29, 0.717) is 47.4 Å². The molecule has 16 heteroatoms. The van der Waals surface area contributed by atoms with Crippen molar-refractivity contribution in [1.82, 2.24) is 9.88 Å². The fourth-order valence-corrected chi connectivity index (χ4v) is 7.39. The molecule has 54 heavy (non-hydrogen) atoms. The van der Waals surface area contributed by atoms with Crippen LogP contribution >= 0.6 is 7.60 Å². The van der Waals surface area contributed by atoms with Crippen molar-refractivity contribution in [2.24, 2.45) is 5.41 Å². The van der Waals surface area contributed by atoms with Crippen LogP contribution in [0.2, 0.25) is 0 Å². The van der Waals surface area contributed by atoms with Crippen LogP contribution in [-0.4, -0.2) is 67.4 Å². The molecule has 0 aliphatic heterocycles. The van der Waals surface area contributed by atoms with Crippen molar-refractivity contribution in [3.05, 3.63) is 78.5 Å². The van der Waals surface area contributed by atoms with Gasteiger partial charge in [-0.15, -0.1) is 0 Å². The Morgan fingerprint density at radius 2 is 1.52 bits per heavy atom. The zero-order chi connectivity index (χ0) is 38.9. The van der Waals surface area contributed by atoms with Crippen LogP contribution in [0.15, 0.2) is 66.9 Å². The molecule has 1 aliphatic carbocycles. The molecule has 1 fully saturated rings. The molecule has 4 aromatic rings. The highest BCUT2D eigenvalue weighted by molar-refractivity contribution is 7.53. The van der Waals surface area contributed by atoms with Gasteiger partial charge in [0.25, 0.3) is 0 Å². The number of benzene rings is 3. The van der Waals surface area contributed by atoms with E-state index < -0.39 is 36.5 Å². The van der Waals surface area contributed by atoms with E-state index in [2.05, 4.69) is 15.6 Å². The van der Waals surface area contributed by atoms with Crippen LogP contribution in [0.1, 0.15) is 46.5 Å². The molecule has 0 unspecified atom stereocenters. The number of methoxy groups -OCH3 is 1. The summed E-state index contributed by atoms with van der Waals surface area (Å²) in [5.74, 6) is -1.64. The Kier molecular flexibility index (Phi) is 13.2. The van der Waals surface area contributed by atoms with Crippen LogP contribution < -0.4 is 24.8 Å². The second-order valence-corrected chi connectivity index (χ2v) is 14.4. The molecule has 5 rings (SSSR count). The standard InChI is InChI=1S/C38H43F2N4O9P/c1-5-35(45)44(24-54(48,51-6-2)52-7-3)19-8-20-50-34-23-30-28(22-33(34)49-4)31(15-18-41-30)53-32-14-13-27(21-29(32)40)43-37(47)38(16-17-38)36(46)42-26-11-9-25(39)10-12-26/h9-15,18,21-23H,5-8,16-17,19-20,24H2,1-4H3,(H,42,46)(H,43,47). The normalized spacial score (nSPS) is 13.2. The number of aromatic nitrogens is 1. The number of carbonyl (C=O) groups excluding carboxylic acids is 3. The minimum absolute atomic E-state index is 0.126. The average Bonchev–Trinajstić information content (AvgIpc) is 3.97. The second-order valence-electron chi connectivity index (χ2n) is 12.4. The lowest BCUT2D eigenvalue weighted by molar-refractivity contribution is -0.131. The topological polar surface area (TPSA) is 155 Å². The van der Waals surface area contributed by atoms with Crippen LogP contribution in [0.25, 0.3) is 10.9 Å². The van der Waals surface area contributed by atoms with Gasteiger partial charge in [0.1, 0.15) is 23.3 Å². The quantitative estimate of drug-likeness (QED) is 0.0547. The van der Waals surface area contributed by atoms with E-state index in [4.69, 9.17) is 23.3 Å². The summed E-state index contributed by atoms with van der Waals surface area (Å²) in [4.78, 5) is 44.5. The average molecular weight is 769 g/mol. The molecule has 288 valence electrons. The van der Waals surface area contributed by atoms with Crippen molar-refractivity contribution in [1.29, 1.82) is 0 Å². The molecule has 2 N–H and O–H groups in total. The number of hydrogen-bond acceptors (Lipinski definition) is 10. The molecule has 1 aromatic heterocycles. The van der Waals surface area contributed by atoms with Gasteiger partial charge in [0, 0.05) is 48.1 Å². The summed E-state index contributed by atoms with van der Waals surface area (Å²) < 4.78 is 70.0. The summed E-state index contributed by atoms with van der Waals surface area (Å²) in [5, 5.41) is 5.76. The molecular weight excluding hydrogens is 725 g/mol. The zero-order valence-electron chi connectivity index (χ0n) is 30.5. The Morgan fingerprint density at radius 3 is 2.13 bits per heavy atom. The van der Waals surface area contributed by atoms with Gasteiger partial charge in [-0.2, -0.15) is 0 Å². The fourth-order valence-electron chi connectivity index (χ4n) is 5.64. The number of ether oxygens (including phenoxy) is 3. The maximum atomic E-state index is 15.4. The summed E-state index contributed by atoms with van der Waals surface area (Å²) >= 11 is 0. The number of nitrogens with zero attached hydrogens (tertiary/aromatic N) is 2. The third-order valence-electron chi connectivity index (χ3n) is 8.60. The molecule has 3 aromatic carbocycles. The Morgan fingerprint density at radius 1 is 0.852 bits per heavy atom. The monoisotopic (exact) mass is 768 g/mol. The first kappa shape index (κ1) is 40.1. The molecular formula is C38H43F2N4O9P. The van der Waals surface area contributed by atoms with Gasteiger partial charge < -0.3 is 38.8 Å². The number of nitrogens with one attached hydrogen (secondary N) is 2. The maximum Gasteiger partial charge on any atom is 0.349 e. The maximum absolute atomic E-state index is 15.4. The van der Waals surface area contributed by atoms with Gasteiger partial charge in [-0.05, 0) is 81.6 Å². The first-order valence-corrected chi connectivity index (χ1v) is 19.3. The van der Waals surface area contributed by atoms with Gasteiger partial charge in [0.2, 0.25) is 17.7 Å². The van der Waals surface area contributed by atoms with Crippen LogP contribution in [0, 0.1) is 17.0 Å². The van der Waals surface area contributed by atoms with Gasteiger partial charge >= 0.3 is 7.60 Å². The van der Waals surface area contributed by atoms with Crippen LogP contribution in [0.4, 0.5) is 20.2 Å². The molecule has 0 radical (unpaired) electrons. The van der Waals surface area contributed by atoms with Crippen LogP contribution in [0.3, 0.4) is 0 Å². The molecule has 1 heterocycles. The molecule has 0 bridgehead atoms. The molecule has 13 nitrogen and oxygen atoms in total. The molecule has 0 saturated heterocycles. The number of carbonyl (C=O) groups is 3. The lowest BCUT2D eigenvalue weighted by Gasteiger charge is -2.26. The second kappa shape index (κ2) is 17.8. The first-order valence-electron chi connectivity index (χ1n) is 17.6. The number of halogens is 2. The van der Waals surface area contributed by atoms with Gasteiger partial charge in [0.05, 0.1) is 32.4 Å². The fraction of sp³-hybridized carbons (Fsp3) is 0.368. The summed E-state index contributed by atoms with van der Waals surface area (Å²) in [6.45, 7) is 5.95. The highest BCUT2D eigenvalue weighted by Gasteiger charge is 2.56. The SMILES string of the molecule is CCOP(=O)(CN(CCCOc1cc2nccc(Oc3ccc(NC(=O)C4(C(=O)Nc5ccc(F)cc5)CC4)cc3F)c2cc1OC)C(=O)CC)OCC. The lowest BCUT2D eigenvalue weighted by Crippen LogP contribution is -2.35. The lowest BCUT2D eigenvalue weighted by atomic mass is 10.0. The number of fused-ring (bicyclic) bond motifs is 1. The van der Waals surface area contributed by atoms with Gasteiger partial charge in [0.15, 0.2) is 23.1 Å². The van der Waals surface area contributed by atoms with E-state index in [9.17, 15) is 23.3 Å². The van der Waals surface area contributed by atoms with Gasteiger partial charge in [-0.1, -0.05) is 6.92 Å². The van der Waals surface area contributed by atoms with Gasteiger partial charge in [-0.3, -0.25) is 23.9 Å². The van der Waals surface area contributed by atoms with Crippen LogP contribution in [0.5, 0.6) is 23.0 Å². The van der Waals surface area contributed by atoms with Gasteiger partial charge in [-0.25, -0.2) is 8.78 Å². The van der Waals surface area contributed by atoms with Crippen molar-refractivity contribution >= 4 is 47.6 Å². The molecule has 1 aliphatic rings. The Hall–Kier alpha value is -5.11. The largest absolute Gasteiger partial charge is 0.493 e. The summed E-state index contributed by atoms with van der Waals surface area (Å²) in [5.41, 5.74) is -0.356. The van der Waals surface area contributed by atoms with Crippen molar-refractivity contribution in [3.63, 3.8) is 0 Å². The zero-order valence-corrected chi connectivity index (χ0v) is 31.4. The molecule has 0 atom stereocenters. The van der Waals surface area contributed by atoms with Crippen LogP contribution in [-0.2, 0) is 28.0 Å². The number of rotatable bonds is 19. The highest BCUT2D eigenvalue weighted by Crippen LogP contribution is 2.49. The molecule has 0 spiro atoms. The number of hydrogen-bond donors (Lipinski definition) is 2. The highest BCUT2D eigenvalue weighted by atomic mass is 31.2. The summed E-state index contributed by atoms with van der Waals surface area (Å²) in [7, 11) is -2.02. The number of pyridine rings is 1. The van der Waals surface area contributed by atoms with E-state index in [-0.39, 0.29) is 62.2 Å². The first-order chi connectivity index (χ1) is 25.9. The Balaban J connectivity index is 1.22. The van der Waals surface area contributed by atoms with Crippen molar-refractivity contribution in [2.75, 3.05) is 50.4 Å². The predicted octanol–water partition coefficient (Wildman–Crippen LogP) is 7.90. The minimum Gasteiger partial charge on any atom is -0.493 e. The third kappa shape index (κ3) is 9.70. The smallest absolute Gasteiger partial charge is 0.349 e. The number of amides is 3. The van der Waals surface area contributed by atoms with E-state index in [0.717, 1.165) is 6.07 Å². The van der Waals surface area contributed by atoms with Crippen molar-refractivity contribution in [3.8, 4) is 23.0 Å². The van der Waals surface area contributed by atoms with Crippen molar-refractivity contribution in [2.45, 2.75) is 46.5 Å². The van der Waals surface area contributed by atoms with E-state index in [1.54, 1.807) is 39.0 Å². The van der Waals surface area contributed by atoms with E-state index >= 15 is 4.39 Å². The van der Waals surface area contributed by atoms with E-state index in [1.165, 1.54) is 54.6 Å². The summed E-state index contributed by atoms with van der Waals surface area (Å²) in [6, 6.07) is 14.0. The number of anilines is 2. The Labute approximate surface area is 311 Å². The molecule has 3 amide bonds. The Bertz CT molecular complexity index is 2020. The summed E-state index contributed by atoms with van der Waals surface area (Å²) in [6.07, 6.45) is 2.59. The van der Waals surface area contributed by atoms with E-state index in [1.807, 2.05) is 0 Å². The van der Waals surface area contributed by atoms with Crippen molar-refractivity contribution < 1.29 is 51.0 Å². The predicted molar refractivity (Wildman–Crippen MR) is 198 cm³/mol.